The van der Waals surface area contributed by atoms with E-state index in [1.54, 1.807) is 6.20 Å². The largest absolute Gasteiger partial charge is 0.355 e. The lowest BCUT2D eigenvalue weighted by atomic mass is 10.1. The molecule has 0 unspecified atom stereocenters. The van der Waals surface area contributed by atoms with Crippen LogP contribution in [0.4, 0.5) is 0 Å². The number of fused-ring (bicyclic) bond motifs is 1. The Bertz CT molecular complexity index is 581. The van der Waals surface area contributed by atoms with Crippen LogP contribution >= 0.6 is 0 Å². The van der Waals surface area contributed by atoms with E-state index < -0.39 is 0 Å². The Balaban J connectivity index is 1.77. The molecular formula is C16H21N3O. The molecule has 2 rings (SSSR count). The van der Waals surface area contributed by atoms with Crippen LogP contribution in [0.3, 0.4) is 0 Å². The first kappa shape index (κ1) is 14.5. The van der Waals surface area contributed by atoms with Crippen molar-refractivity contribution in [2.75, 3.05) is 13.1 Å². The van der Waals surface area contributed by atoms with Crippen LogP contribution in [0.1, 0.15) is 19.4 Å². The van der Waals surface area contributed by atoms with Gasteiger partial charge in [0, 0.05) is 37.1 Å². The van der Waals surface area contributed by atoms with Gasteiger partial charge in [0.1, 0.15) is 0 Å². The SMILES string of the molecule is CC(C)C(=O)NCCNCc1ccc2ncccc2c1. The average molecular weight is 271 g/mol. The van der Waals surface area contributed by atoms with Gasteiger partial charge in [-0.15, -0.1) is 0 Å². The van der Waals surface area contributed by atoms with E-state index in [0.717, 1.165) is 24.0 Å². The molecule has 0 saturated carbocycles. The monoisotopic (exact) mass is 271 g/mol. The normalized spacial score (nSPS) is 10.9. The summed E-state index contributed by atoms with van der Waals surface area (Å²) in [5.74, 6) is 0.145. The van der Waals surface area contributed by atoms with E-state index in [0.29, 0.717) is 6.54 Å². The third-order valence-electron chi connectivity index (χ3n) is 3.12. The second-order valence-corrected chi connectivity index (χ2v) is 5.15. The summed E-state index contributed by atoms with van der Waals surface area (Å²) in [5.41, 5.74) is 2.24. The van der Waals surface area contributed by atoms with E-state index in [2.05, 4.69) is 33.8 Å². The Morgan fingerprint density at radius 1 is 1.25 bits per heavy atom. The number of aromatic nitrogens is 1. The second kappa shape index (κ2) is 7.01. The highest BCUT2D eigenvalue weighted by Crippen LogP contribution is 2.12. The number of nitrogens with zero attached hydrogens (tertiary/aromatic N) is 1. The van der Waals surface area contributed by atoms with Crippen molar-refractivity contribution in [3.05, 3.63) is 42.1 Å². The van der Waals surface area contributed by atoms with Crippen molar-refractivity contribution in [1.82, 2.24) is 15.6 Å². The Labute approximate surface area is 119 Å². The minimum Gasteiger partial charge on any atom is -0.355 e. The topological polar surface area (TPSA) is 54.0 Å². The number of carbonyl (C=O) groups excluding carboxylic acids is 1. The molecular weight excluding hydrogens is 250 g/mol. The first-order valence-corrected chi connectivity index (χ1v) is 6.99. The maximum Gasteiger partial charge on any atom is 0.222 e. The molecule has 20 heavy (non-hydrogen) atoms. The number of hydrogen-bond donors (Lipinski definition) is 2. The van der Waals surface area contributed by atoms with Gasteiger partial charge < -0.3 is 10.6 Å². The van der Waals surface area contributed by atoms with Crippen LogP contribution in [-0.2, 0) is 11.3 Å². The van der Waals surface area contributed by atoms with Gasteiger partial charge in [0.25, 0.3) is 0 Å². The van der Waals surface area contributed by atoms with Gasteiger partial charge in [0.05, 0.1) is 5.52 Å². The molecule has 1 aromatic carbocycles. The molecule has 1 amide bonds. The number of pyridine rings is 1. The van der Waals surface area contributed by atoms with Crippen molar-refractivity contribution in [3.63, 3.8) is 0 Å². The van der Waals surface area contributed by atoms with Crippen LogP contribution in [0.15, 0.2) is 36.5 Å². The zero-order valence-electron chi connectivity index (χ0n) is 12.0. The number of nitrogens with one attached hydrogen (secondary N) is 2. The van der Waals surface area contributed by atoms with Gasteiger partial charge in [0.2, 0.25) is 5.91 Å². The third-order valence-corrected chi connectivity index (χ3v) is 3.12. The van der Waals surface area contributed by atoms with Gasteiger partial charge in [-0.05, 0) is 23.8 Å². The molecule has 0 fully saturated rings. The Hall–Kier alpha value is -1.94. The van der Waals surface area contributed by atoms with Gasteiger partial charge in [0.15, 0.2) is 0 Å². The molecule has 2 aromatic rings. The summed E-state index contributed by atoms with van der Waals surface area (Å²) in [6.07, 6.45) is 1.80. The first-order valence-electron chi connectivity index (χ1n) is 6.99. The molecule has 2 N–H and O–H groups in total. The summed E-state index contributed by atoms with van der Waals surface area (Å²) in [5, 5.41) is 7.36. The van der Waals surface area contributed by atoms with Crippen LogP contribution < -0.4 is 10.6 Å². The Morgan fingerprint density at radius 3 is 2.90 bits per heavy atom. The molecule has 0 aliphatic carbocycles. The summed E-state index contributed by atoms with van der Waals surface area (Å²) in [4.78, 5) is 15.7. The smallest absolute Gasteiger partial charge is 0.222 e. The second-order valence-electron chi connectivity index (χ2n) is 5.15. The number of carbonyl (C=O) groups is 1. The highest BCUT2D eigenvalue weighted by molar-refractivity contribution is 5.79. The van der Waals surface area contributed by atoms with Crippen LogP contribution in [0.25, 0.3) is 10.9 Å². The molecule has 0 radical (unpaired) electrons. The molecule has 0 aliphatic heterocycles. The fraction of sp³-hybridized carbons (Fsp3) is 0.375. The lowest BCUT2D eigenvalue weighted by Crippen LogP contribution is -2.34. The minimum absolute atomic E-state index is 0.0444. The molecule has 1 aromatic heterocycles. The molecule has 4 heteroatoms. The predicted octanol–water partition coefficient (Wildman–Crippen LogP) is 2.10. The van der Waals surface area contributed by atoms with Gasteiger partial charge in [-0.2, -0.15) is 0 Å². The zero-order valence-corrected chi connectivity index (χ0v) is 12.0. The van der Waals surface area contributed by atoms with E-state index in [9.17, 15) is 4.79 Å². The molecule has 1 heterocycles. The van der Waals surface area contributed by atoms with Crippen molar-refractivity contribution in [2.45, 2.75) is 20.4 Å². The van der Waals surface area contributed by atoms with Crippen LogP contribution in [0, 0.1) is 5.92 Å². The van der Waals surface area contributed by atoms with E-state index in [1.165, 1.54) is 5.56 Å². The quantitative estimate of drug-likeness (QED) is 0.791. The Kier molecular flexibility index (Phi) is 5.07. The van der Waals surface area contributed by atoms with Crippen molar-refractivity contribution < 1.29 is 4.79 Å². The summed E-state index contributed by atoms with van der Waals surface area (Å²) in [6.45, 7) is 6.01. The highest BCUT2D eigenvalue weighted by atomic mass is 16.1. The first-order chi connectivity index (χ1) is 9.66. The van der Waals surface area contributed by atoms with Gasteiger partial charge in [-0.25, -0.2) is 0 Å². The zero-order chi connectivity index (χ0) is 14.4. The average Bonchev–Trinajstić information content (AvgIpc) is 2.46. The van der Waals surface area contributed by atoms with E-state index >= 15 is 0 Å². The lowest BCUT2D eigenvalue weighted by Gasteiger charge is -2.09. The van der Waals surface area contributed by atoms with E-state index in [-0.39, 0.29) is 11.8 Å². The number of benzene rings is 1. The Morgan fingerprint density at radius 2 is 2.10 bits per heavy atom. The summed E-state index contributed by atoms with van der Waals surface area (Å²) in [6, 6.07) is 10.3. The fourth-order valence-electron chi connectivity index (χ4n) is 1.95. The predicted molar refractivity (Wildman–Crippen MR) is 81.3 cm³/mol. The molecule has 106 valence electrons. The molecule has 4 nitrogen and oxygen atoms in total. The molecule has 0 spiro atoms. The summed E-state index contributed by atoms with van der Waals surface area (Å²) in [7, 11) is 0. The van der Waals surface area contributed by atoms with Crippen LogP contribution in [0.2, 0.25) is 0 Å². The standard InChI is InChI=1S/C16H21N3O/c1-12(2)16(20)19-9-8-17-11-13-5-6-15-14(10-13)4-3-7-18-15/h3-7,10,12,17H,8-9,11H2,1-2H3,(H,19,20). The third kappa shape index (κ3) is 4.03. The number of rotatable bonds is 6. The number of amides is 1. The molecule has 0 saturated heterocycles. The van der Waals surface area contributed by atoms with Crippen molar-refractivity contribution in [2.24, 2.45) is 5.92 Å². The van der Waals surface area contributed by atoms with Gasteiger partial charge in [-0.1, -0.05) is 26.0 Å². The van der Waals surface area contributed by atoms with Crippen LogP contribution in [-0.4, -0.2) is 24.0 Å². The van der Waals surface area contributed by atoms with Crippen molar-refractivity contribution in [3.8, 4) is 0 Å². The summed E-state index contributed by atoms with van der Waals surface area (Å²) >= 11 is 0. The number of hydrogen-bond acceptors (Lipinski definition) is 3. The molecule has 0 bridgehead atoms. The lowest BCUT2D eigenvalue weighted by molar-refractivity contribution is -0.123. The van der Waals surface area contributed by atoms with E-state index in [4.69, 9.17) is 0 Å². The van der Waals surface area contributed by atoms with Gasteiger partial charge >= 0.3 is 0 Å². The van der Waals surface area contributed by atoms with Gasteiger partial charge in [-0.3, -0.25) is 9.78 Å². The van der Waals surface area contributed by atoms with Crippen molar-refractivity contribution in [1.29, 1.82) is 0 Å². The minimum atomic E-state index is 0.0444. The highest BCUT2D eigenvalue weighted by Gasteiger charge is 2.04. The summed E-state index contributed by atoms with van der Waals surface area (Å²) < 4.78 is 0. The maximum absolute atomic E-state index is 11.4. The molecule has 0 aliphatic rings. The molecule has 0 atom stereocenters. The maximum atomic E-state index is 11.4. The van der Waals surface area contributed by atoms with Crippen molar-refractivity contribution >= 4 is 16.8 Å². The van der Waals surface area contributed by atoms with Crippen LogP contribution in [0.5, 0.6) is 0 Å². The van der Waals surface area contributed by atoms with E-state index in [1.807, 2.05) is 26.0 Å². The fourth-order valence-corrected chi connectivity index (χ4v) is 1.95.